The predicted octanol–water partition coefficient (Wildman–Crippen LogP) is 11.9. The second kappa shape index (κ2) is 9.43. The molecule has 4 nitrogen and oxygen atoms in total. The molecule has 0 atom stereocenters. The van der Waals surface area contributed by atoms with E-state index in [9.17, 15) is 0 Å². The predicted molar refractivity (Wildman–Crippen MR) is 209 cm³/mol. The monoisotopic (exact) mass is 634 g/mol. The van der Waals surface area contributed by atoms with E-state index in [4.69, 9.17) is 9.97 Å². The van der Waals surface area contributed by atoms with Crippen LogP contribution in [0, 0.1) is 0 Å². The Labute approximate surface area is 285 Å². The first-order valence-electron chi connectivity index (χ1n) is 17.1. The molecule has 8 aromatic carbocycles. The smallest absolute Gasteiger partial charge is 0.235 e. The van der Waals surface area contributed by atoms with Crippen LogP contribution in [0.5, 0.6) is 0 Å². The summed E-state index contributed by atoms with van der Waals surface area (Å²) in [4.78, 5) is 10.8. The Balaban J connectivity index is 1.29. The molecule has 12 aromatic rings. The van der Waals surface area contributed by atoms with Gasteiger partial charge in [-0.15, -0.1) is 0 Å². The first-order chi connectivity index (χ1) is 24.8. The molecule has 0 aliphatic heterocycles. The summed E-state index contributed by atoms with van der Waals surface area (Å²) in [6, 6.07) is 56.9. The molecular formula is C46H26N4. The van der Waals surface area contributed by atoms with Crippen molar-refractivity contribution >= 4 is 92.3 Å². The number of aromatic nitrogens is 4. The summed E-state index contributed by atoms with van der Waals surface area (Å²) in [6.45, 7) is 0. The van der Waals surface area contributed by atoms with Gasteiger partial charge in [-0.1, -0.05) is 127 Å². The van der Waals surface area contributed by atoms with Crippen molar-refractivity contribution in [2.45, 2.75) is 0 Å². The van der Waals surface area contributed by atoms with Crippen LogP contribution in [0.3, 0.4) is 0 Å². The molecule has 0 amide bonds. The van der Waals surface area contributed by atoms with Gasteiger partial charge in [0.15, 0.2) is 0 Å². The van der Waals surface area contributed by atoms with Gasteiger partial charge in [0.25, 0.3) is 0 Å². The van der Waals surface area contributed by atoms with Crippen LogP contribution in [0.1, 0.15) is 0 Å². The Morgan fingerprint density at radius 2 is 0.960 bits per heavy atom. The van der Waals surface area contributed by atoms with Crippen molar-refractivity contribution in [2.75, 3.05) is 0 Å². The maximum absolute atomic E-state index is 5.47. The minimum atomic E-state index is 0.670. The lowest BCUT2D eigenvalue weighted by molar-refractivity contribution is 1.01. The van der Waals surface area contributed by atoms with Gasteiger partial charge in [0.1, 0.15) is 0 Å². The largest absolute Gasteiger partial charge is 0.308 e. The average molecular weight is 635 g/mol. The van der Waals surface area contributed by atoms with Crippen LogP contribution in [-0.4, -0.2) is 18.9 Å². The van der Waals surface area contributed by atoms with Crippen LogP contribution in [0.2, 0.25) is 0 Å². The maximum Gasteiger partial charge on any atom is 0.235 e. The molecule has 0 aliphatic carbocycles. The number of hydrogen-bond donors (Lipinski definition) is 0. The molecule has 4 aromatic heterocycles. The van der Waals surface area contributed by atoms with E-state index in [1.165, 1.54) is 65.0 Å². The zero-order valence-electron chi connectivity index (χ0n) is 26.8. The number of benzene rings is 8. The van der Waals surface area contributed by atoms with E-state index in [-0.39, 0.29) is 0 Å². The fourth-order valence-corrected chi connectivity index (χ4v) is 8.82. The number of nitrogens with zero attached hydrogens (tertiary/aromatic N) is 4. The van der Waals surface area contributed by atoms with Gasteiger partial charge in [-0.05, 0) is 57.3 Å². The Kier molecular flexibility index (Phi) is 4.94. The van der Waals surface area contributed by atoms with Gasteiger partial charge in [0.2, 0.25) is 5.95 Å². The van der Waals surface area contributed by atoms with Crippen molar-refractivity contribution in [3.05, 3.63) is 158 Å². The highest BCUT2D eigenvalue weighted by molar-refractivity contribution is 6.33. The van der Waals surface area contributed by atoms with Crippen LogP contribution in [0.4, 0.5) is 0 Å². The highest BCUT2D eigenvalue weighted by Gasteiger charge is 2.24. The van der Waals surface area contributed by atoms with Gasteiger partial charge < -0.3 is 4.40 Å². The molecule has 0 saturated carbocycles. The average Bonchev–Trinajstić information content (AvgIpc) is 3.67. The van der Waals surface area contributed by atoms with Crippen LogP contribution < -0.4 is 0 Å². The molecule has 0 bridgehead atoms. The lowest BCUT2D eigenvalue weighted by Gasteiger charge is -2.13. The number of hydrogen-bond acceptors (Lipinski definition) is 2. The van der Waals surface area contributed by atoms with Crippen molar-refractivity contribution in [3.8, 4) is 17.2 Å². The van der Waals surface area contributed by atoms with Crippen molar-refractivity contribution in [1.29, 1.82) is 0 Å². The van der Waals surface area contributed by atoms with Crippen molar-refractivity contribution in [2.24, 2.45) is 0 Å². The molecule has 230 valence electrons. The molecule has 50 heavy (non-hydrogen) atoms. The molecule has 0 saturated heterocycles. The summed E-state index contributed by atoms with van der Waals surface area (Å²) in [6.07, 6.45) is 0. The Hall–Kier alpha value is -6.78. The second-order valence-electron chi connectivity index (χ2n) is 13.3. The van der Waals surface area contributed by atoms with E-state index in [1.807, 2.05) is 0 Å². The summed E-state index contributed by atoms with van der Waals surface area (Å²) in [5.74, 6) is 0.670. The fourth-order valence-electron chi connectivity index (χ4n) is 8.82. The summed E-state index contributed by atoms with van der Waals surface area (Å²) in [7, 11) is 0. The molecule has 4 heteroatoms. The highest BCUT2D eigenvalue weighted by atomic mass is 15.2. The third-order valence-corrected chi connectivity index (χ3v) is 10.8. The van der Waals surface area contributed by atoms with Gasteiger partial charge >= 0.3 is 0 Å². The van der Waals surface area contributed by atoms with Gasteiger partial charge in [0.05, 0.1) is 38.8 Å². The van der Waals surface area contributed by atoms with Gasteiger partial charge in [-0.3, -0.25) is 4.57 Å². The summed E-state index contributed by atoms with van der Waals surface area (Å²) in [5.41, 5.74) is 8.77. The minimum Gasteiger partial charge on any atom is -0.308 e. The van der Waals surface area contributed by atoms with E-state index >= 15 is 0 Å². The molecule has 0 N–H and O–H groups in total. The van der Waals surface area contributed by atoms with E-state index in [2.05, 4.69) is 167 Å². The van der Waals surface area contributed by atoms with E-state index < -0.39 is 0 Å². The number of para-hydroxylation sites is 1. The third-order valence-electron chi connectivity index (χ3n) is 10.8. The SMILES string of the molecule is c1ccc(-c2nc(-n3c4cccc5c6cccc7c8c9ccccc9ccc8n(c8cccc3c8c54)c67)nc3ccc4ccccc4c23)cc1. The van der Waals surface area contributed by atoms with Gasteiger partial charge in [-0.25, -0.2) is 9.97 Å². The topological polar surface area (TPSA) is 35.1 Å². The van der Waals surface area contributed by atoms with E-state index in [1.54, 1.807) is 0 Å². The van der Waals surface area contributed by atoms with Crippen LogP contribution in [0.15, 0.2) is 158 Å². The fraction of sp³-hybridized carbons (Fsp3) is 0. The van der Waals surface area contributed by atoms with E-state index in [0.29, 0.717) is 5.95 Å². The molecule has 0 radical (unpaired) electrons. The molecule has 12 rings (SSSR count). The molecule has 0 aliphatic rings. The van der Waals surface area contributed by atoms with Crippen LogP contribution in [0.25, 0.3) is 110 Å². The van der Waals surface area contributed by atoms with Crippen molar-refractivity contribution < 1.29 is 0 Å². The van der Waals surface area contributed by atoms with Crippen molar-refractivity contribution in [1.82, 2.24) is 18.9 Å². The standard InChI is InChI=1S/C46H26N4/c1-2-13-29(14-3-1)44-41-31-16-7-5-11-27(31)23-25-35(41)47-46(48-44)50-36-20-9-17-32-33-18-8-19-34-40-30-15-6-4-12-28(30)24-26-39(40)49(45(33)34)37-21-10-22-38(50)43(37)42(32)36/h1-26H. The lowest BCUT2D eigenvalue weighted by Crippen LogP contribution is -2.04. The van der Waals surface area contributed by atoms with Crippen LogP contribution in [-0.2, 0) is 0 Å². The summed E-state index contributed by atoms with van der Waals surface area (Å²) in [5, 5.41) is 13.4. The first-order valence-corrected chi connectivity index (χ1v) is 17.1. The molecular weight excluding hydrogens is 609 g/mol. The summed E-state index contributed by atoms with van der Waals surface area (Å²) < 4.78 is 4.78. The quantitative estimate of drug-likeness (QED) is 0.177. The Bertz CT molecular complexity index is 3370. The Morgan fingerprint density at radius 1 is 0.360 bits per heavy atom. The molecule has 0 unspecified atom stereocenters. The normalized spacial score (nSPS) is 12.4. The van der Waals surface area contributed by atoms with E-state index in [0.717, 1.165) is 38.6 Å². The number of rotatable bonds is 2. The van der Waals surface area contributed by atoms with Crippen LogP contribution >= 0.6 is 0 Å². The maximum atomic E-state index is 5.47. The minimum absolute atomic E-state index is 0.670. The lowest BCUT2D eigenvalue weighted by atomic mass is 10.0. The second-order valence-corrected chi connectivity index (χ2v) is 13.3. The Morgan fingerprint density at radius 3 is 1.80 bits per heavy atom. The molecule has 0 fully saturated rings. The zero-order valence-corrected chi connectivity index (χ0v) is 26.8. The van der Waals surface area contributed by atoms with Gasteiger partial charge in [0, 0.05) is 37.9 Å². The highest BCUT2D eigenvalue weighted by Crippen LogP contribution is 2.45. The molecule has 4 heterocycles. The summed E-state index contributed by atoms with van der Waals surface area (Å²) >= 11 is 0. The van der Waals surface area contributed by atoms with Gasteiger partial charge in [-0.2, -0.15) is 0 Å². The first kappa shape index (κ1) is 26.2. The van der Waals surface area contributed by atoms with Crippen molar-refractivity contribution in [3.63, 3.8) is 0 Å². The number of fused-ring (bicyclic) bond motifs is 10. The third kappa shape index (κ3) is 3.25. The molecule has 0 spiro atoms. The zero-order chi connectivity index (χ0) is 32.5.